The Morgan fingerprint density at radius 2 is 2.62 bits per heavy atom. The second kappa shape index (κ2) is 4.51. The maximum Gasteiger partial charge on any atom is 0.411 e. The van der Waals surface area contributed by atoms with Gasteiger partial charge in [0, 0.05) is 13.1 Å². The van der Waals surface area contributed by atoms with Gasteiger partial charge in [0.1, 0.15) is 6.07 Å². The molecule has 0 atom stereocenters. The highest BCUT2D eigenvalue weighted by Gasteiger charge is 2.16. The van der Waals surface area contributed by atoms with Crippen molar-refractivity contribution >= 4 is 6.09 Å². The van der Waals surface area contributed by atoms with Gasteiger partial charge in [-0.05, 0) is 13.3 Å². The molecule has 70 valence electrons. The average molecular weight is 180 g/mol. The van der Waals surface area contributed by atoms with Crippen molar-refractivity contribution in [2.45, 2.75) is 13.3 Å². The first kappa shape index (κ1) is 9.59. The minimum atomic E-state index is -0.398. The van der Waals surface area contributed by atoms with E-state index in [-0.39, 0.29) is 6.61 Å². The Labute approximate surface area is 77.4 Å². The number of carbonyl (C=O) groups excluding carboxylic acids is 1. The van der Waals surface area contributed by atoms with Crippen LogP contribution in [0, 0.1) is 11.3 Å². The van der Waals surface area contributed by atoms with Crippen LogP contribution in [0.25, 0.3) is 0 Å². The molecule has 0 saturated carbocycles. The molecule has 0 aromatic carbocycles. The van der Waals surface area contributed by atoms with Gasteiger partial charge >= 0.3 is 6.09 Å². The summed E-state index contributed by atoms with van der Waals surface area (Å²) < 4.78 is 4.66. The van der Waals surface area contributed by atoms with E-state index < -0.39 is 6.09 Å². The van der Waals surface area contributed by atoms with Crippen LogP contribution in [0.4, 0.5) is 4.79 Å². The standard InChI is InChI=1S/C9H12N2O2/c1-8-2-5-11(6-3-8)9(12)13-7-4-10/h2H,3,5-7H2,1H3. The molecule has 0 bridgehead atoms. The molecule has 0 fully saturated rings. The smallest absolute Gasteiger partial charge is 0.411 e. The van der Waals surface area contributed by atoms with Gasteiger partial charge in [-0.25, -0.2) is 4.79 Å². The maximum atomic E-state index is 11.2. The van der Waals surface area contributed by atoms with Gasteiger partial charge in [-0.1, -0.05) is 11.6 Å². The van der Waals surface area contributed by atoms with Crippen molar-refractivity contribution in [2.75, 3.05) is 19.7 Å². The molecular formula is C9H12N2O2. The van der Waals surface area contributed by atoms with Gasteiger partial charge in [-0.3, -0.25) is 0 Å². The van der Waals surface area contributed by atoms with Crippen LogP contribution in [0.5, 0.6) is 0 Å². The number of amides is 1. The van der Waals surface area contributed by atoms with Gasteiger partial charge in [0.2, 0.25) is 0 Å². The zero-order valence-corrected chi connectivity index (χ0v) is 7.62. The first-order chi connectivity index (χ1) is 6.24. The Hall–Kier alpha value is -1.50. The molecule has 0 N–H and O–H groups in total. The number of nitrogens with zero attached hydrogens (tertiary/aromatic N) is 2. The summed E-state index contributed by atoms with van der Waals surface area (Å²) in [4.78, 5) is 12.8. The number of ether oxygens (including phenoxy) is 1. The number of hydrogen-bond donors (Lipinski definition) is 0. The summed E-state index contributed by atoms with van der Waals surface area (Å²) in [5.74, 6) is 0. The second-order valence-corrected chi connectivity index (χ2v) is 2.96. The Bertz CT molecular complexity index is 265. The molecule has 1 aliphatic rings. The largest absolute Gasteiger partial charge is 0.434 e. The number of rotatable bonds is 1. The molecule has 0 aliphatic carbocycles. The molecule has 0 aromatic heterocycles. The molecule has 0 saturated heterocycles. The van der Waals surface area contributed by atoms with Crippen LogP contribution in [-0.4, -0.2) is 30.7 Å². The highest BCUT2D eigenvalue weighted by Crippen LogP contribution is 2.10. The first-order valence-electron chi connectivity index (χ1n) is 4.18. The number of nitriles is 1. The van der Waals surface area contributed by atoms with Gasteiger partial charge < -0.3 is 9.64 Å². The minimum absolute atomic E-state index is 0.169. The molecule has 0 aromatic rings. The molecule has 1 rings (SSSR count). The predicted octanol–water partition coefficient (Wildman–Crippen LogP) is 1.30. The lowest BCUT2D eigenvalue weighted by molar-refractivity contribution is 0.116. The normalized spacial score (nSPS) is 16.0. The van der Waals surface area contributed by atoms with Crippen LogP contribution in [0.3, 0.4) is 0 Å². The number of hydrogen-bond acceptors (Lipinski definition) is 3. The Balaban J connectivity index is 2.38. The minimum Gasteiger partial charge on any atom is -0.434 e. The van der Waals surface area contributed by atoms with Gasteiger partial charge in [0.05, 0.1) is 0 Å². The molecule has 1 aliphatic heterocycles. The van der Waals surface area contributed by atoms with Crippen molar-refractivity contribution in [2.24, 2.45) is 0 Å². The van der Waals surface area contributed by atoms with Crippen molar-refractivity contribution in [1.29, 1.82) is 5.26 Å². The predicted molar refractivity (Wildman–Crippen MR) is 46.9 cm³/mol. The second-order valence-electron chi connectivity index (χ2n) is 2.96. The van der Waals surface area contributed by atoms with Crippen molar-refractivity contribution in [1.82, 2.24) is 4.90 Å². The monoisotopic (exact) mass is 180 g/mol. The zero-order valence-electron chi connectivity index (χ0n) is 7.62. The molecule has 0 radical (unpaired) electrons. The van der Waals surface area contributed by atoms with Gasteiger partial charge in [0.25, 0.3) is 0 Å². The highest BCUT2D eigenvalue weighted by atomic mass is 16.6. The summed E-state index contributed by atoms with van der Waals surface area (Å²) in [5, 5.41) is 8.20. The van der Waals surface area contributed by atoms with Crippen molar-refractivity contribution in [3.8, 4) is 6.07 Å². The average Bonchev–Trinajstić information content (AvgIpc) is 2.15. The molecule has 1 heterocycles. The lowest BCUT2D eigenvalue weighted by Gasteiger charge is -2.23. The Morgan fingerprint density at radius 3 is 3.15 bits per heavy atom. The van der Waals surface area contributed by atoms with Crippen LogP contribution in [0.2, 0.25) is 0 Å². The topological polar surface area (TPSA) is 53.3 Å². The third-order valence-electron chi connectivity index (χ3n) is 1.95. The number of carbonyl (C=O) groups is 1. The maximum absolute atomic E-state index is 11.2. The fourth-order valence-corrected chi connectivity index (χ4v) is 1.12. The van der Waals surface area contributed by atoms with Gasteiger partial charge in [-0.15, -0.1) is 0 Å². The molecule has 4 heteroatoms. The highest BCUT2D eigenvalue weighted by molar-refractivity contribution is 5.68. The van der Waals surface area contributed by atoms with Gasteiger partial charge in [0.15, 0.2) is 6.61 Å². The van der Waals surface area contributed by atoms with Crippen molar-refractivity contribution in [3.05, 3.63) is 11.6 Å². The van der Waals surface area contributed by atoms with E-state index in [9.17, 15) is 4.79 Å². The van der Waals surface area contributed by atoms with Crippen molar-refractivity contribution in [3.63, 3.8) is 0 Å². The quantitative estimate of drug-likeness (QED) is 0.571. The Kier molecular flexibility index (Phi) is 3.32. The molecule has 13 heavy (non-hydrogen) atoms. The lowest BCUT2D eigenvalue weighted by Crippen LogP contribution is -2.35. The molecular weight excluding hydrogens is 168 g/mol. The van der Waals surface area contributed by atoms with Crippen molar-refractivity contribution < 1.29 is 9.53 Å². The first-order valence-corrected chi connectivity index (χ1v) is 4.18. The lowest BCUT2D eigenvalue weighted by atomic mass is 10.1. The fourth-order valence-electron chi connectivity index (χ4n) is 1.12. The Morgan fingerprint density at radius 1 is 1.85 bits per heavy atom. The van der Waals surface area contributed by atoms with Crippen LogP contribution in [0.15, 0.2) is 11.6 Å². The van der Waals surface area contributed by atoms with E-state index in [1.807, 2.05) is 13.0 Å². The van der Waals surface area contributed by atoms with Crippen LogP contribution >= 0.6 is 0 Å². The fraction of sp³-hybridized carbons (Fsp3) is 0.556. The van der Waals surface area contributed by atoms with Gasteiger partial charge in [-0.2, -0.15) is 5.26 Å². The van der Waals surface area contributed by atoms with Crippen LogP contribution in [-0.2, 0) is 4.74 Å². The molecule has 0 unspecified atom stereocenters. The van der Waals surface area contributed by atoms with E-state index in [1.54, 1.807) is 11.0 Å². The third kappa shape index (κ3) is 2.79. The summed E-state index contributed by atoms with van der Waals surface area (Å²) in [6.07, 6.45) is 2.49. The summed E-state index contributed by atoms with van der Waals surface area (Å²) >= 11 is 0. The zero-order chi connectivity index (χ0) is 9.68. The van der Waals surface area contributed by atoms with E-state index in [2.05, 4.69) is 4.74 Å². The van der Waals surface area contributed by atoms with E-state index in [0.29, 0.717) is 13.1 Å². The summed E-state index contributed by atoms with van der Waals surface area (Å²) in [7, 11) is 0. The summed E-state index contributed by atoms with van der Waals surface area (Å²) in [6, 6.07) is 1.76. The molecule has 1 amide bonds. The SMILES string of the molecule is CC1=CCN(C(=O)OCC#N)CC1. The van der Waals surface area contributed by atoms with Crippen LogP contribution < -0.4 is 0 Å². The summed E-state index contributed by atoms with van der Waals surface area (Å²) in [6.45, 7) is 3.15. The van der Waals surface area contributed by atoms with E-state index >= 15 is 0 Å². The van der Waals surface area contributed by atoms with Crippen LogP contribution in [0.1, 0.15) is 13.3 Å². The van der Waals surface area contributed by atoms with E-state index in [1.165, 1.54) is 5.57 Å². The molecule has 0 spiro atoms. The summed E-state index contributed by atoms with van der Waals surface area (Å²) in [5.41, 5.74) is 1.30. The molecule has 4 nitrogen and oxygen atoms in total. The van der Waals surface area contributed by atoms with E-state index in [0.717, 1.165) is 6.42 Å². The third-order valence-corrected chi connectivity index (χ3v) is 1.95. The van der Waals surface area contributed by atoms with E-state index in [4.69, 9.17) is 5.26 Å².